The van der Waals surface area contributed by atoms with E-state index in [1.54, 1.807) is 0 Å². The first kappa shape index (κ1) is 22.4. The second kappa shape index (κ2) is 11.8. The Kier molecular flexibility index (Phi) is 9.81. The summed E-state index contributed by atoms with van der Waals surface area (Å²) >= 11 is 11.1. The molecule has 0 heterocycles. The maximum atomic E-state index is 5.57. The third kappa shape index (κ3) is 6.58. The molecule has 0 spiro atoms. The number of hydrogen-bond donors (Lipinski definition) is 0. The molecule has 0 aliphatic rings. The van der Waals surface area contributed by atoms with Gasteiger partial charge in [-0.3, -0.25) is 0 Å². The van der Waals surface area contributed by atoms with Gasteiger partial charge < -0.3 is 29.6 Å². The van der Waals surface area contributed by atoms with Gasteiger partial charge in [0.15, 0.2) is 0 Å². The molecule has 0 unspecified atom stereocenters. The summed E-state index contributed by atoms with van der Waals surface area (Å²) in [5, 5.41) is 5.26. The topological polar surface area (TPSA) is 0 Å². The molecule has 144 valence electrons. The van der Waals surface area contributed by atoms with Crippen LogP contribution in [0, 0.1) is 0 Å². The molecule has 0 atom stereocenters. The van der Waals surface area contributed by atoms with E-state index >= 15 is 0 Å². The van der Waals surface area contributed by atoms with E-state index in [-0.39, 0.29) is 17.1 Å². The van der Waals surface area contributed by atoms with Crippen LogP contribution in [0.2, 0.25) is 0 Å². The molecule has 0 saturated heterocycles. The van der Waals surface area contributed by atoms with Crippen molar-refractivity contribution in [2.45, 2.75) is 0 Å². The molecule has 4 aromatic rings. The van der Waals surface area contributed by atoms with Crippen molar-refractivity contribution in [2.24, 2.45) is 0 Å². The van der Waals surface area contributed by atoms with Crippen molar-refractivity contribution >= 4 is 58.2 Å². The molecule has 4 aromatic carbocycles. The van der Waals surface area contributed by atoms with Crippen LogP contribution >= 0.6 is 37.0 Å². The largest absolute Gasteiger partial charge is 0.747 e. The van der Waals surface area contributed by atoms with Gasteiger partial charge >= 0.3 is 0 Å². The molecule has 27 heavy (non-hydrogen) atoms. The fraction of sp³-hybridized carbons (Fsp3) is 0. The van der Waals surface area contributed by atoms with Crippen LogP contribution in [-0.4, -0.2) is 0 Å². The molecule has 0 amide bonds. The van der Waals surface area contributed by atoms with Gasteiger partial charge in [-0.25, -0.2) is 20.1 Å². The van der Waals surface area contributed by atoms with Crippen molar-refractivity contribution in [3.63, 3.8) is 0 Å². The van der Waals surface area contributed by atoms with Gasteiger partial charge in [-0.2, -0.15) is 12.1 Å². The van der Waals surface area contributed by atoms with E-state index in [0.29, 0.717) is 0 Å². The Morgan fingerprint density at radius 3 is 1.48 bits per heavy atom. The van der Waals surface area contributed by atoms with E-state index < -0.39 is 14.5 Å². The van der Waals surface area contributed by atoms with Crippen LogP contribution < -0.4 is 21.2 Å². The van der Waals surface area contributed by atoms with Gasteiger partial charge in [0.1, 0.15) is 0 Å². The SMILES string of the molecule is ClP(Cl)[c-]1cccc1.[Fe].c1ccc(P(c2ccccc2)[c-]2[cH-][cH-][cH-][cH-]2)cc1. The fourth-order valence-corrected chi connectivity index (χ4v) is 5.97. The van der Waals surface area contributed by atoms with Gasteiger partial charge in [0.25, 0.3) is 0 Å². The minimum atomic E-state index is -0.914. The van der Waals surface area contributed by atoms with E-state index in [4.69, 9.17) is 22.5 Å². The summed E-state index contributed by atoms with van der Waals surface area (Å²) < 4.78 is 0. The molecule has 0 nitrogen and oxygen atoms in total. The molecule has 0 aliphatic heterocycles. The van der Waals surface area contributed by atoms with Crippen LogP contribution in [0.3, 0.4) is 0 Å². The maximum absolute atomic E-state index is 5.57. The minimum absolute atomic E-state index is 0. The third-order valence-corrected chi connectivity index (χ3v) is 8.08. The summed E-state index contributed by atoms with van der Waals surface area (Å²) in [6, 6.07) is 37.9. The molecule has 0 radical (unpaired) electrons. The van der Waals surface area contributed by atoms with Crippen molar-refractivity contribution in [1.29, 1.82) is 0 Å². The van der Waals surface area contributed by atoms with Gasteiger partial charge in [0.2, 0.25) is 0 Å². The fourth-order valence-electron chi connectivity index (χ4n) is 2.59. The Morgan fingerprint density at radius 2 is 1.11 bits per heavy atom. The zero-order chi connectivity index (χ0) is 18.2. The normalized spacial score (nSPS) is 10.2. The Morgan fingerprint density at radius 1 is 0.667 bits per heavy atom. The molecule has 4 rings (SSSR count). The molecule has 0 N–H and O–H groups in total. The summed E-state index contributed by atoms with van der Waals surface area (Å²) in [4.78, 5) is 0. The number of benzene rings is 2. The van der Waals surface area contributed by atoms with E-state index in [0.717, 1.165) is 5.30 Å². The number of hydrogen-bond acceptors (Lipinski definition) is 0. The maximum Gasteiger partial charge on any atom is 0.0589 e. The zero-order valence-corrected chi connectivity index (χ0v) is 18.8. The summed E-state index contributed by atoms with van der Waals surface area (Å²) in [7, 11) is -0.409. The molecule has 0 aromatic heterocycles. The predicted octanol–water partition coefficient (Wildman–Crippen LogP) is 5.98. The van der Waals surface area contributed by atoms with E-state index in [1.165, 1.54) is 15.9 Å². The van der Waals surface area contributed by atoms with Gasteiger partial charge in [-0.15, -0.1) is 5.30 Å². The second-order valence-electron chi connectivity index (χ2n) is 5.53. The summed E-state index contributed by atoms with van der Waals surface area (Å²) in [6.07, 6.45) is 0. The van der Waals surface area contributed by atoms with E-state index in [1.807, 2.05) is 24.3 Å². The van der Waals surface area contributed by atoms with Crippen molar-refractivity contribution in [3.8, 4) is 0 Å². The van der Waals surface area contributed by atoms with E-state index in [9.17, 15) is 0 Å². The van der Waals surface area contributed by atoms with Crippen LogP contribution in [0.5, 0.6) is 0 Å². The first-order chi connectivity index (χ1) is 12.8. The van der Waals surface area contributed by atoms with Crippen molar-refractivity contribution in [3.05, 3.63) is 109 Å². The number of rotatable bonds is 4. The van der Waals surface area contributed by atoms with Gasteiger partial charge in [0, 0.05) is 17.1 Å². The van der Waals surface area contributed by atoms with Crippen molar-refractivity contribution in [1.82, 2.24) is 0 Å². The van der Waals surface area contributed by atoms with Gasteiger partial charge in [0.05, 0.1) is 6.63 Å². The summed E-state index contributed by atoms with van der Waals surface area (Å²) in [5.74, 6) is 0. The molecular weight excluding hydrogens is 453 g/mol. The number of halogens is 2. The molecule has 0 fully saturated rings. The molecular formula is C22H18Cl2FeP2-6. The molecule has 0 bridgehead atoms. The van der Waals surface area contributed by atoms with E-state index in [2.05, 4.69) is 84.9 Å². The minimum Gasteiger partial charge on any atom is -0.747 e. The molecule has 0 aliphatic carbocycles. The predicted molar refractivity (Wildman–Crippen MR) is 121 cm³/mol. The Hall–Kier alpha value is -0.901. The van der Waals surface area contributed by atoms with Crippen LogP contribution in [0.15, 0.2) is 109 Å². The van der Waals surface area contributed by atoms with Crippen LogP contribution in [0.25, 0.3) is 0 Å². The van der Waals surface area contributed by atoms with Crippen molar-refractivity contribution in [2.75, 3.05) is 0 Å². The summed E-state index contributed by atoms with van der Waals surface area (Å²) in [5.41, 5.74) is 0. The molecule has 5 heteroatoms. The smallest absolute Gasteiger partial charge is 0.0589 e. The average molecular weight is 471 g/mol. The molecule has 0 saturated carbocycles. The first-order valence-electron chi connectivity index (χ1n) is 8.21. The quantitative estimate of drug-likeness (QED) is 0.195. The second-order valence-corrected chi connectivity index (χ2v) is 11.3. The Labute approximate surface area is 183 Å². The summed E-state index contributed by atoms with van der Waals surface area (Å²) in [6.45, 7) is -0.914. The monoisotopic (exact) mass is 470 g/mol. The first-order valence-corrected chi connectivity index (χ1v) is 12.7. The standard InChI is InChI=1S/C17H14P.C5H4Cl2P.Fe/c1-3-9-15(10-4-1)18(17-13-7-8-14-17)16-11-5-2-6-12-16;6-8(7)5-3-1-2-4-5;/h1-14H;1-4H;/q-5;-1;. The zero-order valence-electron chi connectivity index (χ0n) is 14.4. The average Bonchev–Trinajstić information content (AvgIpc) is 3.39. The van der Waals surface area contributed by atoms with Crippen LogP contribution in [0.1, 0.15) is 0 Å². The van der Waals surface area contributed by atoms with Crippen LogP contribution in [-0.2, 0) is 17.1 Å². The third-order valence-electron chi connectivity index (χ3n) is 3.77. The van der Waals surface area contributed by atoms with Gasteiger partial charge in [-0.1, -0.05) is 93.8 Å². The van der Waals surface area contributed by atoms with Gasteiger partial charge in [-0.05, 0) is 0 Å². The Balaban J connectivity index is 0.000000247. The van der Waals surface area contributed by atoms with Crippen LogP contribution in [0.4, 0.5) is 0 Å². The van der Waals surface area contributed by atoms with Crippen molar-refractivity contribution < 1.29 is 17.1 Å². The Bertz CT molecular complexity index is 822.